The molecular weight excluding hydrogens is 350 g/mol. The van der Waals surface area contributed by atoms with Gasteiger partial charge in [0, 0.05) is 39.3 Å². The van der Waals surface area contributed by atoms with Gasteiger partial charge in [0.15, 0.2) is 0 Å². The SMILES string of the molecule is CN(CCCO)C(=O)[C@@H]1CCCN(C2CCN(CCc3ccccc3)CC2)C1. The summed E-state index contributed by atoms with van der Waals surface area (Å²) < 4.78 is 0. The van der Waals surface area contributed by atoms with E-state index in [0.717, 1.165) is 38.9 Å². The van der Waals surface area contributed by atoms with Crippen LogP contribution in [-0.2, 0) is 11.2 Å². The highest BCUT2D eigenvalue weighted by molar-refractivity contribution is 5.78. The zero-order valence-corrected chi connectivity index (χ0v) is 17.4. The lowest BCUT2D eigenvalue weighted by Crippen LogP contribution is -2.51. The normalized spacial score (nSPS) is 22.3. The minimum atomic E-state index is 0.133. The summed E-state index contributed by atoms with van der Waals surface area (Å²) in [5, 5.41) is 8.99. The molecular formula is C23H37N3O2. The maximum atomic E-state index is 12.7. The first-order valence-electron chi connectivity index (χ1n) is 11.0. The summed E-state index contributed by atoms with van der Waals surface area (Å²) >= 11 is 0. The van der Waals surface area contributed by atoms with Gasteiger partial charge in [-0.3, -0.25) is 9.69 Å². The summed E-state index contributed by atoms with van der Waals surface area (Å²) in [7, 11) is 1.88. The van der Waals surface area contributed by atoms with Crippen molar-refractivity contribution in [2.24, 2.45) is 5.92 Å². The van der Waals surface area contributed by atoms with Gasteiger partial charge in [0.25, 0.3) is 0 Å². The summed E-state index contributed by atoms with van der Waals surface area (Å²) in [6.07, 6.45) is 6.37. The second-order valence-corrected chi connectivity index (χ2v) is 8.48. The van der Waals surface area contributed by atoms with Crippen LogP contribution in [0.2, 0.25) is 0 Å². The van der Waals surface area contributed by atoms with Crippen LogP contribution in [0.15, 0.2) is 30.3 Å². The van der Waals surface area contributed by atoms with Crippen molar-refractivity contribution in [3.63, 3.8) is 0 Å². The Kier molecular flexibility index (Phi) is 8.31. The summed E-state index contributed by atoms with van der Waals surface area (Å²) in [5.74, 6) is 0.395. The molecule has 156 valence electrons. The van der Waals surface area contributed by atoms with E-state index in [-0.39, 0.29) is 18.4 Å². The Labute approximate surface area is 170 Å². The van der Waals surface area contributed by atoms with E-state index >= 15 is 0 Å². The topological polar surface area (TPSA) is 47.0 Å². The quantitative estimate of drug-likeness (QED) is 0.743. The van der Waals surface area contributed by atoms with Gasteiger partial charge in [0.1, 0.15) is 0 Å². The molecule has 1 amide bonds. The molecule has 2 aliphatic heterocycles. The highest BCUT2D eigenvalue weighted by Crippen LogP contribution is 2.25. The van der Waals surface area contributed by atoms with Crippen LogP contribution in [0.4, 0.5) is 0 Å². The number of carbonyl (C=O) groups is 1. The number of likely N-dealkylation sites (tertiary alicyclic amines) is 2. The number of carbonyl (C=O) groups excluding carboxylic acids is 1. The van der Waals surface area contributed by atoms with Crippen molar-refractivity contribution in [2.75, 3.05) is 52.9 Å². The van der Waals surface area contributed by atoms with E-state index in [1.807, 2.05) is 11.9 Å². The molecule has 1 N–H and O–H groups in total. The van der Waals surface area contributed by atoms with Gasteiger partial charge in [-0.15, -0.1) is 0 Å². The van der Waals surface area contributed by atoms with Crippen molar-refractivity contribution in [3.8, 4) is 0 Å². The number of hydrogen-bond donors (Lipinski definition) is 1. The lowest BCUT2D eigenvalue weighted by molar-refractivity contribution is -0.136. The molecule has 0 aliphatic carbocycles. The Morgan fingerprint density at radius 3 is 2.61 bits per heavy atom. The molecule has 5 heteroatoms. The van der Waals surface area contributed by atoms with Crippen molar-refractivity contribution in [2.45, 2.75) is 44.6 Å². The standard InChI is InChI=1S/C23H37N3O2/c1-24(13-6-18-27)23(28)21-9-5-14-26(19-21)22-11-16-25(17-12-22)15-10-20-7-3-2-4-8-20/h2-4,7-8,21-22,27H,5-6,9-19H2,1H3/t21-/m1/s1. The van der Waals surface area contributed by atoms with Gasteiger partial charge in [-0.2, -0.15) is 0 Å². The Balaban J connectivity index is 1.41. The van der Waals surface area contributed by atoms with Gasteiger partial charge < -0.3 is 14.9 Å². The fourth-order valence-corrected chi connectivity index (χ4v) is 4.71. The Morgan fingerprint density at radius 1 is 1.14 bits per heavy atom. The highest BCUT2D eigenvalue weighted by atomic mass is 16.3. The van der Waals surface area contributed by atoms with Crippen LogP contribution in [0.25, 0.3) is 0 Å². The van der Waals surface area contributed by atoms with Crippen molar-refractivity contribution < 1.29 is 9.90 Å². The maximum absolute atomic E-state index is 12.7. The minimum absolute atomic E-state index is 0.133. The molecule has 1 aromatic carbocycles. The summed E-state index contributed by atoms with van der Waals surface area (Å²) in [4.78, 5) is 19.7. The average Bonchev–Trinajstić information content (AvgIpc) is 2.76. The number of aliphatic hydroxyl groups is 1. The van der Waals surface area contributed by atoms with Crippen molar-refractivity contribution in [1.29, 1.82) is 0 Å². The first-order valence-corrected chi connectivity index (χ1v) is 11.0. The van der Waals surface area contributed by atoms with E-state index in [4.69, 9.17) is 5.11 Å². The van der Waals surface area contributed by atoms with Crippen LogP contribution in [0.3, 0.4) is 0 Å². The smallest absolute Gasteiger partial charge is 0.226 e. The predicted octanol–water partition coefficient (Wildman–Crippen LogP) is 2.25. The molecule has 0 spiro atoms. The van der Waals surface area contributed by atoms with Gasteiger partial charge in [-0.1, -0.05) is 30.3 Å². The van der Waals surface area contributed by atoms with Gasteiger partial charge in [-0.05, 0) is 63.7 Å². The van der Waals surface area contributed by atoms with E-state index in [0.29, 0.717) is 19.0 Å². The highest BCUT2D eigenvalue weighted by Gasteiger charge is 2.32. The Morgan fingerprint density at radius 2 is 1.89 bits per heavy atom. The van der Waals surface area contributed by atoms with Crippen LogP contribution < -0.4 is 0 Å². The Bertz CT molecular complexity index is 587. The maximum Gasteiger partial charge on any atom is 0.226 e. The van der Waals surface area contributed by atoms with Gasteiger partial charge >= 0.3 is 0 Å². The third-order valence-electron chi connectivity index (χ3n) is 6.46. The van der Waals surface area contributed by atoms with E-state index < -0.39 is 0 Å². The van der Waals surface area contributed by atoms with Gasteiger partial charge in [-0.25, -0.2) is 0 Å². The van der Waals surface area contributed by atoms with Crippen molar-refractivity contribution in [1.82, 2.24) is 14.7 Å². The fourth-order valence-electron chi connectivity index (χ4n) is 4.71. The largest absolute Gasteiger partial charge is 0.396 e. The first-order chi connectivity index (χ1) is 13.7. The molecule has 0 unspecified atom stereocenters. The zero-order valence-electron chi connectivity index (χ0n) is 17.4. The molecule has 2 fully saturated rings. The molecule has 3 rings (SSSR count). The molecule has 0 aromatic heterocycles. The third kappa shape index (κ3) is 6.03. The van der Waals surface area contributed by atoms with Crippen LogP contribution >= 0.6 is 0 Å². The third-order valence-corrected chi connectivity index (χ3v) is 6.46. The lowest BCUT2D eigenvalue weighted by Gasteiger charge is -2.42. The second kappa shape index (κ2) is 10.9. The van der Waals surface area contributed by atoms with E-state index in [2.05, 4.69) is 40.1 Å². The number of hydrogen-bond acceptors (Lipinski definition) is 4. The average molecular weight is 388 g/mol. The number of nitrogens with zero attached hydrogens (tertiary/aromatic N) is 3. The first kappa shape index (κ1) is 21.3. The molecule has 1 atom stereocenters. The van der Waals surface area contributed by atoms with Gasteiger partial charge in [0.05, 0.1) is 5.92 Å². The molecule has 28 heavy (non-hydrogen) atoms. The second-order valence-electron chi connectivity index (χ2n) is 8.48. The monoisotopic (exact) mass is 387 g/mol. The Hall–Kier alpha value is -1.43. The molecule has 0 saturated carbocycles. The molecule has 1 aromatic rings. The predicted molar refractivity (Wildman–Crippen MR) is 113 cm³/mol. The minimum Gasteiger partial charge on any atom is -0.396 e. The number of rotatable bonds is 8. The van der Waals surface area contributed by atoms with Crippen molar-refractivity contribution in [3.05, 3.63) is 35.9 Å². The number of aliphatic hydroxyl groups excluding tert-OH is 1. The van der Waals surface area contributed by atoms with Crippen LogP contribution in [0, 0.1) is 5.92 Å². The molecule has 0 bridgehead atoms. The number of benzene rings is 1. The zero-order chi connectivity index (χ0) is 19.8. The molecule has 2 heterocycles. The van der Waals surface area contributed by atoms with Crippen LogP contribution in [-0.4, -0.2) is 84.7 Å². The number of piperidine rings is 2. The molecule has 2 saturated heterocycles. The fraction of sp³-hybridized carbons (Fsp3) is 0.696. The van der Waals surface area contributed by atoms with E-state index in [9.17, 15) is 4.79 Å². The lowest BCUT2D eigenvalue weighted by atomic mass is 9.92. The van der Waals surface area contributed by atoms with Gasteiger partial charge in [0.2, 0.25) is 5.91 Å². The summed E-state index contributed by atoms with van der Waals surface area (Å²) in [5.41, 5.74) is 1.42. The van der Waals surface area contributed by atoms with Crippen molar-refractivity contribution >= 4 is 5.91 Å². The van der Waals surface area contributed by atoms with E-state index in [1.165, 1.54) is 31.5 Å². The van der Waals surface area contributed by atoms with Crippen LogP contribution in [0.1, 0.15) is 37.7 Å². The van der Waals surface area contributed by atoms with Crippen LogP contribution in [0.5, 0.6) is 0 Å². The number of amides is 1. The molecule has 5 nitrogen and oxygen atoms in total. The molecule has 0 radical (unpaired) electrons. The van der Waals surface area contributed by atoms with E-state index in [1.54, 1.807) is 0 Å². The summed E-state index contributed by atoms with van der Waals surface area (Å²) in [6.45, 7) is 6.35. The molecule has 2 aliphatic rings. The summed E-state index contributed by atoms with van der Waals surface area (Å²) in [6, 6.07) is 11.4.